The monoisotopic (exact) mass is 308 g/mol. The standard InChI is InChI=1S/C17H25FN2O2/c1-19-8-5-13-6-9-20(10-7-13)17(21)12-14-3-4-16(22-2)15(18)11-14/h3-4,11,13,19H,5-10,12H2,1-2H3. The van der Waals surface area contributed by atoms with Crippen molar-refractivity contribution in [1.29, 1.82) is 0 Å². The van der Waals surface area contributed by atoms with Gasteiger partial charge < -0.3 is 15.0 Å². The fraction of sp³-hybridized carbons (Fsp3) is 0.588. The van der Waals surface area contributed by atoms with Gasteiger partial charge in [0, 0.05) is 13.1 Å². The predicted molar refractivity (Wildman–Crippen MR) is 84.5 cm³/mol. The number of ether oxygens (including phenoxy) is 1. The molecule has 2 rings (SSSR count). The van der Waals surface area contributed by atoms with Crippen LogP contribution in [-0.4, -0.2) is 44.6 Å². The van der Waals surface area contributed by atoms with Crippen molar-refractivity contribution in [2.75, 3.05) is 33.8 Å². The number of hydrogen-bond donors (Lipinski definition) is 1. The Bertz CT molecular complexity index is 499. The molecule has 0 aromatic heterocycles. The second-order valence-electron chi connectivity index (χ2n) is 5.86. The molecular weight excluding hydrogens is 283 g/mol. The van der Waals surface area contributed by atoms with Crippen molar-refractivity contribution in [2.45, 2.75) is 25.7 Å². The lowest BCUT2D eigenvalue weighted by Crippen LogP contribution is -2.39. The number of nitrogens with zero attached hydrogens (tertiary/aromatic N) is 1. The summed E-state index contributed by atoms with van der Waals surface area (Å²) in [5.74, 6) is 0.576. The fourth-order valence-electron chi connectivity index (χ4n) is 2.93. The molecule has 1 aliphatic rings. The zero-order chi connectivity index (χ0) is 15.9. The number of hydrogen-bond acceptors (Lipinski definition) is 3. The molecule has 1 aromatic rings. The molecule has 4 nitrogen and oxygen atoms in total. The third-order valence-corrected chi connectivity index (χ3v) is 4.34. The third-order valence-electron chi connectivity index (χ3n) is 4.34. The number of rotatable bonds is 6. The van der Waals surface area contributed by atoms with Crippen LogP contribution in [0.15, 0.2) is 18.2 Å². The molecule has 0 bridgehead atoms. The molecule has 1 saturated heterocycles. The quantitative estimate of drug-likeness (QED) is 0.876. The number of halogens is 1. The van der Waals surface area contributed by atoms with Gasteiger partial charge in [0.15, 0.2) is 11.6 Å². The zero-order valence-corrected chi connectivity index (χ0v) is 13.4. The number of methoxy groups -OCH3 is 1. The number of carbonyl (C=O) groups excluding carboxylic acids is 1. The van der Waals surface area contributed by atoms with Crippen molar-refractivity contribution in [2.24, 2.45) is 5.92 Å². The lowest BCUT2D eigenvalue weighted by molar-refractivity contribution is -0.131. The highest BCUT2D eigenvalue weighted by molar-refractivity contribution is 5.78. The van der Waals surface area contributed by atoms with Gasteiger partial charge in [-0.3, -0.25) is 4.79 Å². The highest BCUT2D eigenvalue weighted by atomic mass is 19.1. The van der Waals surface area contributed by atoms with Gasteiger partial charge in [-0.2, -0.15) is 0 Å². The van der Waals surface area contributed by atoms with E-state index in [2.05, 4.69) is 5.32 Å². The third kappa shape index (κ3) is 4.44. The molecule has 122 valence electrons. The van der Waals surface area contributed by atoms with Crippen molar-refractivity contribution in [3.05, 3.63) is 29.6 Å². The number of piperidine rings is 1. The lowest BCUT2D eigenvalue weighted by Gasteiger charge is -2.32. The van der Waals surface area contributed by atoms with Gasteiger partial charge in [0.1, 0.15) is 0 Å². The van der Waals surface area contributed by atoms with Gasteiger partial charge >= 0.3 is 0 Å². The van der Waals surface area contributed by atoms with Crippen molar-refractivity contribution in [3.63, 3.8) is 0 Å². The van der Waals surface area contributed by atoms with Crippen LogP contribution < -0.4 is 10.1 Å². The number of amides is 1. The molecule has 0 radical (unpaired) electrons. The summed E-state index contributed by atoms with van der Waals surface area (Å²) in [7, 11) is 3.40. The maximum atomic E-state index is 13.7. The summed E-state index contributed by atoms with van der Waals surface area (Å²) in [6, 6.07) is 4.71. The van der Waals surface area contributed by atoms with Gasteiger partial charge in [0.25, 0.3) is 0 Å². The van der Waals surface area contributed by atoms with Gasteiger partial charge in [0.2, 0.25) is 5.91 Å². The summed E-state index contributed by atoms with van der Waals surface area (Å²) < 4.78 is 18.5. The smallest absolute Gasteiger partial charge is 0.226 e. The minimum atomic E-state index is -0.418. The zero-order valence-electron chi connectivity index (χ0n) is 13.4. The van der Waals surface area contributed by atoms with Crippen LogP contribution in [0.5, 0.6) is 5.75 Å². The van der Waals surface area contributed by atoms with Gasteiger partial charge in [-0.05, 0) is 56.5 Å². The Kier molecular flexibility index (Phi) is 6.19. The number of benzene rings is 1. The molecule has 1 amide bonds. The molecule has 0 unspecified atom stereocenters. The van der Waals surface area contributed by atoms with Crippen molar-refractivity contribution >= 4 is 5.91 Å². The van der Waals surface area contributed by atoms with Crippen LogP contribution in [0, 0.1) is 11.7 Å². The SMILES string of the molecule is CNCCC1CCN(C(=O)Cc2ccc(OC)c(F)c2)CC1. The first-order valence-electron chi connectivity index (χ1n) is 7.88. The van der Waals surface area contributed by atoms with Crippen LogP contribution in [0.2, 0.25) is 0 Å². The molecule has 0 aliphatic carbocycles. The first kappa shape index (κ1) is 16.7. The van der Waals surface area contributed by atoms with Crippen molar-refractivity contribution in [3.8, 4) is 5.75 Å². The van der Waals surface area contributed by atoms with Crippen LogP contribution in [0.1, 0.15) is 24.8 Å². The minimum absolute atomic E-state index is 0.0802. The Balaban J connectivity index is 1.84. The Morgan fingerprint density at radius 3 is 2.73 bits per heavy atom. The normalized spacial score (nSPS) is 15.9. The van der Waals surface area contributed by atoms with Crippen LogP contribution in [-0.2, 0) is 11.2 Å². The van der Waals surface area contributed by atoms with Crippen molar-refractivity contribution < 1.29 is 13.9 Å². The summed E-state index contributed by atoms with van der Waals surface area (Å²) in [4.78, 5) is 14.2. The minimum Gasteiger partial charge on any atom is -0.494 e. The van der Waals surface area contributed by atoms with Gasteiger partial charge in [-0.25, -0.2) is 4.39 Å². The summed E-state index contributed by atoms with van der Waals surface area (Å²) >= 11 is 0. The largest absolute Gasteiger partial charge is 0.494 e. The molecule has 5 heteroatoms. The summed E-state index contributed by atoms with van der Waals surface area (Å²) in [6.07, 6.45) is 3.54. The van der Waals surface area contributed by atoms with Crippen LogP contribution >= 0.6 is 0 Å². The molecule has 0 spiro atoms. The van der Waals surface area contributed by atoms with E-state index in [1.165, 1.54) is 19.6 Å². The lowest BCUT2D eigenvalue weighted by atomic mass is 9.93. The Morgan fingerprint density at radius 2 is 2.14 bits per heavy atom. The number of nitrogens with one attached hydrogen (secondary N) is 1. The molecule has 1 heterocycles. The maximum absolute atomic E-state index is 13.7. The highest BCUT2D eigenvalue weighted by Crippen LogP contribution is 2.22. The molecule has 1 N–H and O–H groups in total. The highest BCUT2D eigenvalue weighted by Gasteiger charge is 2.22. The molecule has 1 fully saturated rings. The Labute approximate surface area is 131 Å². The van der Waals surface area contributed by atoms with Crippen LogP contribution in [0.25, 0.3) is 0 Å². The van der Waals surface area contributed by atoms with Crippen LogP contribution in [0.3, 0.4) is 0 Å². The molecule has 0 saturated carbocycles. The topological polar surface area (TPSA) is 41.6 Å². The van der Waals surface area contributed by atoms with Crippen LogP contribution in [0.4, 0.5) is 4.39 Å². The van der Waals surface area contributed by atoms with E-state index in [-0.39, 0.29) is 18.1 Å². The van der Waals surface area contributed by atoms with Gasteiger partial charge in [-0.1, -0.05) is 6.07 Å². The van der Waals surface area contributed by atoms with Crippen molar-refractivity contribution in [1.82, 2.24) is 10.2 Å². The average molecular weight is 308 g/mol. The van der Waals surface area contributed by atoms with Gasteiger partial charge in [-0.15, -0.1) is 0 Å². The Morgan fingerprint density at radius 1 is 1.41 bits per heavy atom. The molecular formula is C17H25FN2O2. The van der Waals surface area contributed by atoms with E-state index in [0.29, 0.717) is 11.5 Å². The van der Waals surface area contributed by atoms with E-state index < -0.39 is 5.82 Å². The van der Waals surface area contributed by atoms with E-state index in [0.717, 1.165) is 32.5 Å². The van der Waals surface area contributed by atoms with E-state index in [4.69, 9.17) is 4.74 Å². The van der Waals surface area contributed by atoms with E-state index in [1.807, 2.05) is 11.9 Å². The first-order valence-corrected chi connectivity index (χ1v) is 7.88. The fourth-order valence-corrected chi connectivity index (χ4v) is 2.93. The van der Waals surface area contributed by atoms with Gasteiger partial charge in [0.05, 0.1) is 13.5 Å². The second-order valence-corrected chi connectivity index (χ2v) is 5.86. The van der Waals surface area contributed by atoms with E-state index in [9.17, 15) is 9.18 Å². The number of likely N-dealkylation sites (tertiary alicyclic amines) is 1. The summed E-state index contributed by atoms with van der Waals surface area (Å²) in [6.45, 7) is 2.65. The maximum Gasteiger partial charge on any atom is 0.226 e. The molecule has 22 heavy (non-hydrogen) atoms. The summed E-state index contributed by atoms with van der Waals surface area (Å²) in [5, 5.41) is 3.17. The average Bonchev–Trinajstić information content (AvgIpc) is 2.53. The summed E-state index contributed by atoms with van der Waals surface area (Å²) in [5.41, 5.74) is 0.695. The molecule has 0 atom stereocenters. The van der Waals surface area contributed by atoms with E-state index >= 15 is 0 Å². The molecule has 1 aromatic carbocycles. The Hall–Kier alpha value is -1.62. The van der Waals surface area contributed by atoms with E-state index in [1.54, 1.807) is 12.1 Å². The first-order chi connectivity index (χ1) is 10.6. The second kappa shape index (κ2) is 8.13. The number of carbonyl (C=O) groups is 1. The molecule has 1 aliphatic heterocycles. The predicted octanol–water partition coefficient (Wildman–Crippen LogP) is 2.22.